The van der Waals surface area contributed by atoms with Crippen molar-refractivity contribution in [3.05, 3.63) is 0 Å². The molecule has 0 amide bonds. The molecule has 1 aliphatic rings. The molecule has 0 heterocycles. The van der Waals surface area contributed by atoms with Crippen LogP contribution in [0.15, 0.2) is 0 Å². The van der Waals surface area contributed by atoms with Crippen LogP contribution < -0.4 is 0 Å². The van der Waals surface area contributed by atoms with Gasteiger partial charge >= 0.3 is 0 Å². The van der Waals surface area contributed by atoms with E-state index < -0.39 is 0 Å². The molecule has 0 spiro atoms. The van der Waals surface area contributed by atoms with Crippen molar-refractivity contribution in [2.45, 2.75) is 27.5 Å². The Balaban J connectivity index is 2.39. The van der Waals surface area contributed by atoms with E-state index in [2.05, 4.69) is 22.6 Å². The second kappa shape index (κ2) is 2.93. The number of halogens is 3. The van der Waals surface area contributed by atoms with Crippen LogP contribution in [0.5, 0.6) is 0 Å². The van der Waals surface area contributed by atoms with Gasteiger partial charge in [0.1, 0.15) is 0 Å². The highest BCUT2D eigenvalue weighted by molar-refractivity contribution is 14.1. The summed E-state index contributed by atoms with van der Waals surface area (Å²) in [5.74, 6) is 0. The third-order valence-electron chi connectivity index (χ3n) is 1.35. The van der Waals surface area contributed by atoms with Crippen LogP contribution in [0.4, 0.5) is 0 Å². The van der Waals surface area contributed by atoms with E-state index >= 15 is 0 Å². The lowest BCUT2D eigenvalue weighted by Crippen LogP contribution is -2.03. The molecule has 2 atom stereocenters. The van der Waals surface area contributed by atoms with Gasteiger partial charge in [0.05, 0.1) is 10.8 Å². The van der Waals surface area contributed by atoms with Gasteiger partial charge in [-0.05, 0) is 12.8 Å². The molecule has 0 aromatic carbocycles. The Bertz CT molecular complexity index is 76.5. The fraction of sp³-hybridized carbons (Fsp3) is 1.00. The summed E-state index contributed by atoms with van der Waals surface area (Å²) >= 11 is 14.0. The molecule has 3 heteroatoms. The first-order chi connectivity index (χ1) is 3.70. The van der Waals surface area contributed by atoms with Crippen LogP contribution >= 0.6 is 45.8 Å². The second-order valence-electron chi connectivity index (χ2n) is 2.10. The third kappa shape index (κ3) is 1.64. The molecule has 2 unspecified atom stereocenters. The zero-order valence-corrected chi connectivity index (χ0v) is 7.95. The van der Waals surface area contributed by atoms with E-state index in [0.29, 0.717) is 3.92 Å². The Morgan fingerprint density at radius 2 is 1.50 bits per heavy atom. The van der Waals surface area contributed by atoms with Crippen LogP contribution in [-0.4, -0.2) is 14.7 Å². The molecule has 0 aromatic rings. The summed E-state index contributed by atoms with van der Waals surface area (Å²) < 4.78 is 0.706. The molecular weight excluding hydrogens is 258 g/mol. The fourth-order valence-corrected chi connectivity index (χ4v) is 3.21. The molecule has 8 heavy (non-hydrogen) atoms. The standard InChI is InChI=1S/C5H7Cl2I/c6-4-1-3(8)2-5(4)7/h3-5H,1-2H2. The summed E-state index contributed by atoms with van der Waals surface area (Å²) in [5, 5.41) is 0.442. The summed E-state index contributed by atoms with van der Waals surface area (Å²) in [4.78, 5) is 0. The molecule has 1 rings (SSSR count). The zero-order valence-electron chi connectivity index (χ0n) is 4.28. The van der Waals surface area contributed by atoms with Gasteiger partial charge in [-0.25, -0.2) is 0 Å². The molecule has 0 radical (unpaired) electrons. The number of hydrogen-bond donors (Lipinski definition) is 0. The Hall–Kier alpha value is 1.31. The van der Waals surface area contributed by atoms with Gasteiger partial charge in [-0.3, -0.25) is 0 Å². The highest BCUT2D eigenvalue weighted by atomic mass is 127. The van der Waals surface area contributed by atoms with Gasteiger partial charge in [-0.1, -0.05) is 22.6 Å². The van der Waals surface area contributed by atoms with Crippen LogP contribution in [0.2, 0.25) is 0 Å². The minimum atomic E-state index is 0.221. The van der Waals surface area contributed by atoms with Gasteiger partial charge in [-0.15, -0.1) is 23.2 Å². The Labute approximate surface area is 73.1 Å². The van der Waals surface area contributed by atoms with Crippen LogP contribution in [0, 0.1) is 0 Å². The van der Waals surface area contributed by atoms with E-state index in [9.17, 15) is 0 Å². The van der Waals surface area contributed by atoms with E-state index in [1.54, 1.807) is 0 Å². The zero-order chi connectivity index (χ0) is 6.15. The molecule has 0 nitrogen and oxygen atoms in total. The summed E-state index contributed by atoms with van der Waals surface area (Å²) in [5.41, 5.74) is 0. The monoisotopic (exact) mass is 264 g/mol. The van der Waals surface area contributed by atoms with Crippen LogP contribution in [-0.2, 0) is 0 Å². The molecule has 0 bridgehead atoms. The average molecular weight is 265 g/mol. The molecule has 1 fully saturated rings. The molecule has 1 saturated carbocycles. The van der Waals surface area contributed by atoms with Crippen molar-refractivity contribution in [3.63, 3.8) is 0 Å². The molecule has 0 aliphatic heterocycles. The highest BCUT2D eigenvalue weighted by Crippen LogP contribution is 2.33. The molecule has 1 aliphatic carbocycles. The van der Waals surface area contributed by atoms with Crippen LogP contribution in [0.3, 0.4) is 0 Å². The molecule has 0 saturated heterocycles. The second-order valence-corrected chi connectivity index (χ2v) is 4.98. The Morgan fingerprint density at radius 3 is 1.62 bits per heavy atom. The first kappa shape index (κ1) is 7.42. The quantitative estimate of drug-likeness (QED) is 0.466. The van der Waals surface area contributed by atoms with E-state index in [1.807, 2.05) is 0 Å². The summed E-state index contributed by atoms with van der Waals surface area (Å²) in [6.45, 7) is 0. The maximum absolute atomic E-state index is 5.82. The number of rotatable bonds is 0. The summed E-state index contributed by atoms with van der Waals surface area (Å²) in [6, 6.07) is 0. The SMILES string of the molecule is ClC1CC(I)CC1Cl. The minimum absolute atomic E-state index is 0.221. The summed E-state index contributed by atoms with van der Waals surface area (Å²) in [7, 11) is 0. The molecular formula is C5H7Cl2I. The van der Waals surface area contributed by atoms with Crippen molar-refractivity contribution >= 4 is 45.8 Å². The van der Waals surface area contributed by atoms with Crippen molar-refractivity contribution < 1.29 is 0 Å². The van der Waals surface area contributed by atoms with Crippen molar-refractivity contribution in [2.24, 2.45) is 0 Å². The van der Waals surface area contributed by atoms with Crippen molar-refractivity contribution in [3.8, 4) is 0 Å². The highest BCUT2D eigenvalue weighted by Gasteiger charge is 2.29. The van der Waals surface area contributed by atoms with Crippen molar-refractivity contribution in [2.75, 3.05) is 0 Å². The minimum Gasteiger partial charge on any atom is -0.121 e. The lowest BCUT2D eigenvalue weighted by Gasteiger charge is -1.99. The van der Waals surface area contributed by atoms with E-state index in [1.165, 1.54) is 0 Å². The van der Waals surface area contributed by atoms with Crippen LogP contribution in [0.1, 0.15) is 12.8 Å². The first-order valence-electron chi connectivity index (χ1n) is 2.62. The molecule has 48 valence electrons. The predicted octanol–water partition coefficient (Wildman–Crippen LogP) is 2.80. The van der Waals surface area contributed by atoms with Gasteiger partial charge in [0, 0.05) is 3.92 Å². The molecule has 0 aromatic heterocycles. The average Bonchev–Trinajstić information content (AvgIpc) is 1.85. The fourth-order valence-electron chi connectivity index (χ4n) is 0.880. The largest absolute Gasteiger partial charge is 0.121 e. The number of hydrogen-bond acceptors (Lipinski definition) is 0. The van der Waals surface area contributed by atoms with Crippen molar-refractivity contribution in [1.82, 2.24) is 0 Å². The van der Waals surface area contributed by atoms with Gasteiger partial charge in [0.15, 0.2) is 0 Å². The third-order valence-corrected chi connectivity index (χ3v) is 3.47. The van der Waals surface area contributed by atoms with Gasteiger partial charge < -0.3 is 0 Å². The Kier molecular flexibility index (Phi) is 2.72. The van der Waals surface area contributed by atoms with Crippen molar-refractivity contribution in [1.29, 1.82) is 0 Å². The van der Waals surface area contributed by atoms with Gasteiger partial charge in [-0.2, -0.15) is 0 Å². The number of alkyl halides is 3. The topological polar surface area (TPSA) is 0 Å². The lowest BCUT2D eigenvalue weighted by atomic mass is 10.4. The lowest BCUT2D eigenvalue weighted by molar-refractivity contribution is 0.905. The maximum Gasteiger partial charge on any atom is 0.0510 e. The van der Waals surface area contributed by atoms with Gasteiger partial charge in [0.2, 0.25) is 0 Å². The maximum atomic E-state index is 5.82. The summed E-state index contributed by atoms with van der Waals surface area (Å²) in [6.07, 6.45) is 2.16. The predicted molar refractivity (Wildman–Crippen MR) is 46.3 cm³/mol. The first-order valence-corrected chi connectivity index (χ1v) is 4.74. The van der Waals surface area contributed by atoms with E-state index in [4.69, 9.17) is 23.2 Å². The Morgan fingerprint density at radius 1 is 1.12 bits per heavy atom. The smallest absolute Gasteiger partial charge is 0.0510 e. The normalized spacial score (nSPS) is 47.6. The molecule has 0 N–H and O–H groups in total. The van der Waals surface area contributed by atoms with Gasteiger partial charge in [0.25, 0.3) is 0 Å². The van der Waals surface area contributed by atoms with Crippen LogP contribution in [0.25, 0.3) is 0 Å². The van der Waals surface area contributed by atoms with E-state index in [-0.39, 0.29) is 10.8 Å². The van der Waals surface area contributed by atoms with E-state index in [0.717, 1.165) is 12.8 Å².